The summed E-state index contributed by atoms with van der Waals surface area (Å²) in [6.45, 7) is 1.56. The van der Waals surface area contributed by atoms with Crippen LogP contribution < -0.4 is 5.32 Å². The first-order valence-electron chi connectivity index (χ1n) is 8.46. The molecule has 0 aliphatic heterocycles. The number of hydrogen-bond donors (Lipinski definition) is 1. The molecule has 2 aromatic carbocycles. The number of Topliss-reactive ketones (excluding diaryl/α,β-unsaturated/α-hetero) is 1. The van der Waals surface area contributed by atoms with Crippen LogP contribution in [-0.2, 0) is 4.79 Å². The van der Waals surface area contributed by atoms with Gasteiger partial charge in [0, 0.05) is 5.69 Å². The topological polar surface area (TPSA) is 72.7 Å². The van der Waals surface area contributed by atoms with E-state index in [0.717, 1.165) is 16.8 Å². The summed E-state index contributed by atoms with van der Waals surface area (Å²) in [7, 11) is 0. The molecule has 0 amide bonds. The Balaban J connectivity index is 1.82. The second-order valence-corrected chi connectivity index (χ2v) is 6.91. The number of carbonyl (C=O) groups is 1. The molecule has 0 fully saturated rings. The van der Waals surface area contributed by atoms with Crippen molar-refractivity contribution in [2.24, 2.45) is 0 Å². The summed E-state index contributed by atoms with van der Waals surface area (Å²) < 4.78 is 1.78. The van der Waals surface area contributed by atoms with E-state index in [1.54, 1.807) is 17.8 Å². The highest BCUT2D eigenvalue weighted by Gasteiger charge is 2.15. The molecular formula is C20H17N5OS. The SMILES string of the molecule is CC(=O)CSc1nc(Nc2ccccc2)c2cnn(-c3ccccc3)c2n1. The van der Waals surface area contributed by atoms with Crippen LogP contribution in [0, 0.1) is 0 Å². The molecule has 7 heteroatoms. The molecule has 134 valence electrons. The minimum absolute atomic E-state index is 0.0813. The van der Waals surface area contributed by atoms with E-state index in [1.807, 2.05) is 60.7 Å². The van der Waals surface area contributed by atoms with E-state index in [4.69, 9.17) is 0 Å². The molecule has 2 heterocycles. The zero-order valence-corrected chi connectivity index (χ0v) is 15.5. The number of hydrogen-bond acceptors (Lipinski definition) is 6. The summed E-state index contributed by atoms with van der Waals surface area (Å²) in [5.41, 5.74) is 2.53. The molecular weight excluding hydrogens is 358 g/mol. The zero-order chi connectivity index (χ0) is 18.6. The van der Waals surface area contributed by atoms with Gasteiger partial charge in [0.05, 0.1) is 23.0 Å². The Hall–Kier alpha value is -3.19. The van der Waals surface area contributed by atoms with E-state index < -0.39 is 0 Å². The van der Waals surface area contributed by atoms with Crippen molar-refractivity contribution in [1.82, 2.24) is 19.7 Å². The molecule has 0 saturated heterocycles. The number of fused-ring (bicyclic) bond motifs is 1. The van der Waals surface area contributed by atoms with Gasteiger partial charge in [-0.05, 0) is 31.2 Å². The molecule has 0 unspecified atom stereocenters. The Morgan fingerprint density at radius 1 is 1.04 bits per heavy atom. The third-order valence-electron chi connectivity index (χ3n) is 3.85. The van der Waals surface area contributed by atoms with Gasteiger partial charge in [-0.1, -0.05) is 48.2 Å². The highest BCUT2D eigenvalue weighted by molar-refractivity contribution is 7.99. The van der Waals surface area contributed by atoms with Gasteiger partial charge in [-0.2, -0.15) is 5.10 Å². The maximum absolute atomic E-state index is 11.4. The average molecular weight is 375 g/mol. The standard InChI is InChI=1S/C20H17N5OS/c1-14(26)13-27-20-23-18(22-15-8-4-2-5-9-15)17-12-21-25(19(17)24-20)16-10-6-3-7-11-16/h2-12H,13H2,1H3,(H,22,23,24). The molecule has 6 nitrogen and oxygen atoms in total. The van der Waals surface area contributed by atoms with Gasteiger partial charge >= 0.3 is 0 Å². The first-order valence-corrected chi connectivity index (χ1v) is 9.45. The number of aromatic nitrogens is 4. The van der Waals surface area contributed by atoms with Gasteiger partial charge < -0.3 is 5.32 Å². The number of nitrogens with zero attached hydrogens (tertiary/aromatic N) is 4. The van der Waals surface area contributed by atoms with Gasteiger partial charge in [0.2, 0.25) is 0 Å². The number of carbonyl (C=O) groups excluding carboxylic acids is 1. The van der Waals surface area contributed by atoms with Crippen molar-refractivity contribution in [2.45, 2.75) is 12.1 Å². The van der Waals surface area contributed by atoms with Crippen molar-refractivity contribution < 1.29 is 4.79 Å². The Labute approximate surface area is 160 Å². The van der Waals surface area contributed by atoms with E-state index in [-0.39, 0.29) is 5.78 Å². The van der Waals surface area contributed by atoms with Crippen LogP contribution in [0.3, 0.4) is 0 Å². The van der Waals surface area contributed by atoms with Crippen LogP contribution >= 0.6 is 11.8 Å². The first-order chi connectivity index (χ1) is 13.2. The summed E-state index contributed by atoms with van der Waals surface area (Å²) in [6, 6.07) is 19.6. The van der Waals surface area contributed by atoms with Gasteiger partial charge in [0.25, 0.3) is 0 Å². The number of nitrogens with one attached hydrogen (secondary N) is 1. The molecule has 0 aliphatic carbocycles. The number of thioether (sulfide) groups is 1. The number of anilines is 2. The van der Waals surface area contributed by atoms with Crippen molar-refractivity contribution in [1.29, 1.82) is 0 Å². The van der Waals surface area contributed by atoms with E-state index in [2.05, 4.69) is 20.4 Å². The van der Waals surface area contributed by atoms with E-state index >= 15 is 0 Å². The highest BCUT2D eigenvalue weighted by Crippen LogP contribution is 2.28. The summed E-state index contributed by atoms with van der Waals surface area (Å²) in [5, 5.41) is 9.19. The van der Waals surface area contributed by atoms with Gasteiger partial charge in [-0.25, -0.2) is 14.6 Å². The van der Waals surface area contributed by atoms with Gasteiger partial charge in [0.1, 0.15) is 11.6 Å². The van der Waals surface area contributed by atoms with Crippen LogP contribution in [0.5, 0.6) is 0 Å². The van der Waals surface area contributed by atoms with Gasteiger partial charge in [-0.15, -0.1) is 0 Å². The summed E-state index contributed by atoms with van der Waals surface area (Å²) in [5.74, 6) is 1.08. The average Bonchev–Trinajstić information content (AvgIpc) is 3.12. The summed E-state index contributed by atoms with van der Waals surface area (Å²) >= 11 is 1.32. The van der Waals surface area contributed by atoms with Crippen molar-refractivity contribution in [3.63, 3.8) is 0 Å². The quantitative estimate of drug-likeness (QED) is 0.401. The Morgan fingerprint density at radius 3 is 2.44 bits per heavy atom. The smallest absolute Gasteiger partial charge is 0.192 e. The molecule has 0 atom stereocenters. The van der Waals surface area contributed by atoms with Crippen molar-refractivity contribution in [3.05, 3.63) is 66.9 Å². The molecule has 0 radical (unpaired) electrons. The Morgan fingerprint density at radius 2 is 1.74 bits per heavy atom. The lowest BCUT2D eigenvalue weighted by molar-refractivity contribution is -0.114. The van der Waals surface area contributed by atoms with Gasteiger partial charge in [0.15, 0.2) is 10.8 Å². The van der Waals surface area contributed by atoms with Crippen LogP contribution in [0.15, 0.2) is 72.0 Å². The predicted molar refractivity (Wildman–Crippen MR) is 108 cm³/mol. The second-order valence-electron chi connectivity index (χ2n) is 5.97. The molecule has 0 spiro atoms. The van der Waals surface area contributed by atoms with E-state index in [9.17, 15) is 4.79 Å². The van der Waals surface area contributed by atoms with Crippen molar-refractivity contribution in [2.75, 3.05) is 11.1 Å². The van der Waals surface area contributed by atoms with E-state index in [1.165, 1.54) is 11.8 Å². The third-order valence-corrected chi connectivity index (χ3v) is 4.84. The fourth-order valence-electron chi connectivity index (χ4n) is 2.63. The lowest BCUT2D eigenvalue weighted by Gasteiger charge is -2.09. The fraction of sp³-hybridized carbons (Fsp3) is 0.100. The summed E-state index contributed by atoms with van der Waals surface area (Å²) in [6.07, 6.45) is 1.76. The van der Waals surface area contributed by atoms with Crippen molar-refractivity contribution in [3.8, 4) is 5.69 Å². The minimum atomic E-state index is 0.0813. The number of rotatable bonds is 6. The largest absolute Gasteiger partial charge is 0.339 e. The lowest BCUT2D eigenvalue weighted by Crippen LogP contribution is -2.03. The second kappa shape index (κ2) is 7.59. The van der Waals surface area contributed by atoms with Crippen LogP contribution in [0.1, 0.15) is 6.92 Å². The molecule has 0 bridgehead atoms. The highest BCUT2D eigenvalue weighted by atomic mass is 32.2. The molecule has 1 N–H and O–H groups in total. The van der Waals surface area contributed by atoms with Crippen LogP contribution in [-0.4, -0.2) is 31.3 Å². The molecule has 4 aromatic rings. The third kappa shape index (κ3) is 3.83. The molecule has 2 aromatic heterocycles. The lowest BCUT2D eigenvalue weighted by atomic mass is 10.3. The first kappa shape index (κ1) is 17.2. The normalized spacial score (nSPS) is 10.9. The summed E-state index contributed by atoms with van der Waals surface area (Å²) in [4.78, 5) is 20.6. The monoisotopic (exact) mass is 375 g/mol. The Bertz CT molecular complexity index is 1080. The maximum Gasteiger partial charge on any atom is 0.192 e. The molecule has 4 rings (SSSR count). The van der Waals surface area contributed by atoms with Crippen molar-refractivity contribution >= 4 is 40.1 Å². The van der Waals surface area contributed by atoms with Crippen LogP contribution in [0.4, 0.5) is 11.5 Å². The Kier molecular flexibility index (Phi) is 4.84. The molecule has 27 heavy (non-hydrogen) atoms. The van der Waals surface area contributed by atoms with E-state index in [0.29, 0.717) is 22.4 Å². The minimum Gasteiger partial charge on any atom is -0.339 e. The number of benzene rings is 2. The van der Waals surface area contributed by atoms with Gasteiger partial charge in [-0.3, -0.25) is 4.79 Å². The number of para-hydroxylation sites is 2. The maximum atomic E-state index is 11.4. The zero-order valence-electron chi connectivity index (χ0n) is 14.7. The van der Waals surface area contributed by atoms with Crippen LogP contribution in [0.2, 0.25) is 0 Å². The molecule has 0 aliphatic rings. The fourth-order valence-corrected chi connectivity index (χ4v) is 3.27. The van der Waals surface area contributed by atoms with Crippen LogP contribution in [0.25, 0.3) is 16.7 Å². The number of ketones is 1. The molecule has 0 saturated carbocycles. The predicted octanol–water partition coefficient (Wildman–Crippen LogP) is 4.24.